The zero-order valence-corrected chi connectivity index (χ0v) is 11.8. The Hall–Kier alpha value is -2.35. The molecule has 2 nitrogen and oxygen atoms in total. The molecule has 0 saturated carbocycles. The monoisotopic (exact) mass is 263 g/mol. The molecule has 1 aliphatic rings. The molecule has 100 valence electrons. The Labute approximate surface area is 119 Å². The third kappa shape index (κ3) is 1.85. The van der Waals surface area contributed by atoms with Gasteiger partial charge in [0.1, 0.15) is 0 Å². The second-order valence-corrected chi connectivity index (χ2v) is 5.29. The lowest BCUT2D eigenvalue weighted by molar-refractivity contribution is 0.0994. The standard InChI is InChI=1S/C18H17NO/c1-4-17-15-7-5-6-8-16(15)18(20)19(17)14-10-12(2)9-13(3)11-14/h4-11,17H,1H2,2-3H3. The highest BCUT2D eigenvalue weighted by molar-refractivity contribution is 6.11. The third-order valence-electron chi connectivity index (χ3n) is 3.71. The van der Waals surface area contributed by atoms with Crippen LogP contribution in [0.3, 0.4) is 0 Å². The summed E-state index contributed by atoms with van der Waals surface area (Å²) in [6.07, 6.45) is 1.83. The van der Waals surface area contributed by atoms with Crippen LogP contribution >= 0.6 is 0 Å². The molecule has 0 aliphatic carbocycles. The Kier molecular flexibility index (Phi) is 2.94. The Morgan fingerprint density at radius 3 is 2.40 bits per heavy atom. The molecule has 0 spiro atoms. The normalized spacial score (nSPS) is 17.2. The van der Waals surface area contributed by atoms with Crippen molar-refractivity contribution in [1.29, 1.82) is 0 Å². The molecule has 1 unspecified atom stereocenters. The summed E-state index contributed by atoms with van der Waals surface area (Å²) in [5.41, 5.74) is 5.06. The van der Waals surface area contributed by atoms with Crippen molar-refractivity contribution in [2.45, 2.75) is 19.9 Å². The summed E-state index contributed by atoms with van der Waals surface area (Å²) in [6.45, 7) is 8.00. The van der Waals surface area contributed by atoms with Crippen molar-refractivity contribution in [2.24, 2.45) is 0 Å². The van der Waals surface area contributed by atoms with Crippen LogP contribution in [0.25, 0.3) is 0 Å². The van der Waals surface area contributed by atoms with E-state index in [9.17, 15) is 4.79 Å². The number of hydrogen-bond donors (Lipinski definition) is 0. The maximum atomic E-state index is 12.7. The van der Waals surface area contributed by atoms with Crippen LogP contribution in [0.15, 0.2) is 55.1 Å². The number of benzene rings is 2. The Bertz CT molecular complexity index is 682. The van der Waals surface area contributed by atoms with Crippen LogP contribution in [0.2, 0.25) is 0 Å². The van der Waals surface area contributed by atoms with Gasteiger partial charge in [0.25, 0.3) is 5.91 Å². The van der Waals surface area contributed by atoms with E-state index in [1.807, 2.05) is 61.2 Å². The molecule has 1 atom stereocenters. The molecule has 0 bridgehead atoms. The lowest BCUT2D eigenvalue weighted by Gasteiger charge is -2.23. The third-order valence-corrected chi connectivity index (χ3v) is 3.71. The van der Waals surface area contributed by atoms with Crippen molar-refractivity contribution in [3.8, 4) is 0 Å². The zero-order chi connectivity index (χ0) is 14.3. The van der Waals surface area contributed by atoms with Gasteiger partial charge in [-0.05, 0) is 48.7 Å². The van der Waals surface area contributed by atoms with Crippen molar-refractivity contribution >= 4 is 11.6 Å². The predicted molar refractivity (Wildman–Crippen MR) is 82.1 cm³/mol. The van der Waals surface area contributed by atoms with E-state index < -0.39 is 0 Å². The Balaban J connectivity index is 2.15. The number of fused-ring (bicyclic) bond motifs is 1. The van der Waals surface area contributed by atoms with Crippen LogP contribution in [0.1, 0.15) is 33.1 Å². The van der Waals surface area contributed by atoms with Crippen molar-refractivity contribution in [2.75, 3.05) is 4.90 Å². The number of carbonyl (C=O) groups excluding carboxylic acids is 1. The maximum absolute atomic E-state index is 12.7. The fourth-order valence-corrected chi connectivity index (χ4v) is 2.94. The van der Waals surface area contributed by atoms with Gasteiger partial charge in [-0.15, -0.1) is 6.58 Å². The first-order chi connectivity index (χ1) is 9.61. The fourth-order valence-electron chi connectivity index (χ4n) is 2.94. The van der Waals surface area contributed by atoms with Crippen molar-refractivity contribution < 1.29 is 4.79 Å². The number of aryl methyl sites for hydroxylation is 2. The lowest BCUT2D eigenvalue weighted by atomic mass is 10.0. The average molecular weight is 263 g/mol. The molecule has 0 radical (unpaired) electrons. The van der Waals surface area contributed by atoms with Crippen molar-refractivity contribution in [1.82, 2.24) is 0 Å². The minimum Gasteiger partial charge on any atom is -0.297 e. The molecule has 2 aromatic carbocycles. The number of nitrogens with zero attached hydrogens (tertiary/aromatic N) is 1. The van der Waals surface area contributed by atoms with Gasteiger partial charge >= 0.3 is 0 Å². The van der Waals surface area contributed by atoms with E-state index in [0.29, 0.717) is 0 Å². The molecular formula is C18H17NO. The van der Waals surface area contributed by atoms with Gasteiger partial charge in [-0.25, -0.2) is 0 Å². The number of rotatable bonds is 2. The second-order valence-electron chi connectivity index (χ2n) is 5.29. The van der Waals surface area contributed by atoms with Crippen LogP contribution in [0, 0.1) is 13.8 Å². The summed E-state index contributed by atoms with van der Waals surface area (Å²) in [7, 11) is 0. The Morgan fingerprint density at radius 1 is 1.10 bits per heavy atom. The van der Waals surface area contributed by atoms with Gasteiger partial charge in [0.2, 0.25) is 0 Å². The molecule has 1 heterocycles. The smallest absolute Gasteiger partial charge is 0.259 e. The molecule has 0 fully saturated rings. The molecule has 1 amide bonds. The SMILES string of the molecule is C=CC1c2ccccc2C(=O)N1c1cc(C)cc(C)c1. The number of carbonyl (C=O) groups is 1. The summed E-state index contributed by atoms with van der Waals surface area (Å²) in [5, 5.41) is 0. The van der Waals surface area contributed by atoms with E-state index >= 15 is 0 Å². The first-order valence-corrected chi connectivity index (χ1v) is 6.75. The highest BCUT2D eigenvalue weighted by Gasteiger charge is 2.35. The van der Waals surface area contributed by atoms with Gasteiger partial charge in [0.05, 0.1) is 6.04 Å². The number of anilines is 1. The van der Waals surface area contributed by atoms with Crippen LogP contribution in [0.5, 0.6) is 0 Å². The van der Waals surface area contributed by atoms with Gasteiger partial charge in [0.15, 0.2) is 0 Å². The summed E-state index contributed by atoms with van der Waals surface area (Å²) >= 11 is 0. The summed E-state index contributed by atoms with van der Waals surface area (Å²) < 4.78 is 0. The van der Waals surface area contributed by atoms with E-state index in [0.717, 1.165) is 27.9 Å². The highest BCUT2D eigenvalue weighted by Crippen LogP contribution is 2.38. The molecular weight excluding hydrogens is 246 g/mol. The predicted octanol–water partition coefficient (Wildman–Crippen LogP) is 4.19. The minimum absolute atomic E-state index is 0.0514. The first kappa shape index (κ1) is 12.7. The molecule has 2 aromatic rings. The number of amides is 1. The quantitative estimate of drug-likeness (QED) is 0.744. The van der Waals surface area contributed by atoms with Crippen LogP contribution in [0.4, 0.5) is 5.69 Å². The molecule has 2 heteroatoms. The zero-order valence-electron chi connectivity index (χ0n) is 11.8. The van der Waals surface area contributed by atoms with E-state index in [2.05, 4.69) is 12.6 Å². The fraction of sp³-hybridized carbons (Fsp3) is 0.167. The number of hydrogen-bond acceptors (Lipinski definition) is 1. The summed E-state index contributed by atoms with van der Waals surface area (Å²) in [5.74, 6) is 0.0514. The maximum Gasteiger partial charge on any atom is 0.259 e. The van der Waals surface area contributed by atoms with E-state index in [1.54, 1.807) is 0 Å². The molecule has 0 aromatic heterocycles. The van der Waals surface area contributed by atoms with Crippen LogP contribution in [-0.2, 0) is 0 Å². The van der Waals surface area contributed by atoms with Crippen LogP contribution in [-0.4, -0.2) is 5.91 Å². The Morgan fingerprint density at radius 2 is 1.75 bits per heavy atom. The lowest BCUT2D eigenvalue weighted by Crippen LogP contribution is -2.26. The van der Waals surface area contributed by atoms with Gasteiger partial charge in [-0.3, -0.25) is 9.69 Å². The molecule has 3 rings (SSSR count). The van der Waals surface area contributed by atoms with Crippen molar-refractivity contribution in [3.63, 3.8) is 0 Å². The summed E-state index contributed by atoms with van der Waals surface area (Å²) in [4.78, 5) is 14.5. The molecule has 0 saturated heterocycles. The molecule has 20 heavy (non-hydrogen) atoms. The topological polar surface area (TPSA) is 20.3 Å². The van der Waals surface area contributed by atoms with Gasteiger partial charge in [0, 0.05) is 11.3 Å². The van der Waals surface area contributed by atoms with Gasteiger partial charge in [-0.2, -0.15) is 0 Å². The van der Waals surface area contributed by atoms with Crippen molar-refractivity contribution in [3.05, 3.63) is 77.4 Å². The van der Waals surface area contributed by atoms with E-state index in [1.165, 1.54) is 0 Å². The molecule has 1 aliphatic heterocycles. The molecule has 0 N–H and O–H groups in total. The summed E-state index contributed by atoms with van der Waals surface area (Å²) in [6, 6.07) is 13.9. The first-order valence-electron chi connectivity index (χ1n) is 6.75. The van der Waals surface area contributed by atoms with Gasteiger partial charge in [-0.1, -0.05) is 30.3 Å². The van der Waals surface area contributed by atoms with Crippen LogP contribution < -0.4 is 4.90 Å². The largest absolute Gasteiger partial charge is 0.297 e. The minimum atomic E-state index is -0.0834. The second kappa shape index (κ2) is 4.64. The van der Waals surface area contributed by atoms with E-state index in [-0.39, 0.29) is 11.9 Å². The highest BCUT2D eigenvalue weighted by atomic mass is 16.2. The van der Waals surface area contributed by atoms with Gasteiger partial charge < -0.3 is 0 Å². The average Bonchev–Trinajstić information content (AvgIpc) is 2.71. The van der Waals surface area contributed by atoms with E-state index in [4.69, 9.17) is 0 Å².